The Balaban J connectivity index is 1.52. The van der Waals surface area contributed by atoms with Gasteiger partial charge in [-0.05, 0) is 24.1 Å². The van der Waals surface area contributed by atoms with E-state index in [0.717, 1.165) is 16.9 Å². The van der Waals surface area contributed by atoms with Crippen molar-refractivity contribution in [3.8, 4) is 11.5 Å². The first-order valence-corrected chi connectivity index (χ1v) is 8.85. The number of benzene rings is 1. The Kier molecular flexibility index (Phi) is 5.60. The van der Waals surface area contributed by atoms with Gasteiger partial charge in [-0.2, -0.15) is 0 Å². The van der Waals surface area contributed by atoms with Crippen LogP contribution in [0.5, 0.6) is 11.5 Å². The fraction of sp³-hybridized carbons (Fsp3) is 0.500. The minimum Gasteiger partial charge on any atom is -0.490 e. The molecule has 0 saturated carbocycles. The average Bonchev–Trinajstić information content (AvgIpc) is 2.81. The van der Waals surface area contributed by atoms with Gasteiger partial charge in [0.1, 0.15) is 6.04 Å². The Hall–Kier alpha value is -2.77. The molecule has 1 fully saturated rings. The summed E-state index contributed by atoms with van der Waals surface area (Å²) in [5.41, 5.74) is 0.872. The van der Waals surface area contributed by atoms with Crippen molar-refractivity contribution < 1.29 is 23.9 Å². The summed E-state index contributed by atoms with van der Waals surface area (Å²) < 4.78 is 11.2. The molecule has 1 unspecified atom stereocenters. The Morgan fingerprint density at radius 1 is 1.27 bits per heavy atom. The van der Waals surface area contributed by atoms with Gasteiger partial charge in [-0.25, -0.2) is 4.79 Å². The number of ether oxygens (including phenoxy) is 2. The van der Waals surface area contributed by atoms with E-state index in [2.05, 4.69) is 10.6 Å². The number of nitrogens with zero attached hydrogens (tertiary/aromatic N) is 1. The molecule has 2 N–H and O–H groups in total. The molecule has 3 rings (SSSR count). The van der Waals surface area contributed by atoms with Crippen LogP contribution in [0.15, 0.2) is 18.2 Å². The molecule has 1 saturated heterocycles. The van der Waals surface area contributed by atoms with Crippen molar-refractivity contribution in [3.05, 3.63) is 23.8 Å². The minimum absolute atomic E-state index is 0.0741. The molecular weight excluding hydrogens is 338 g/mol. The van der Waals surface area contributed by atoms with Crippen molar-refractivity contribution in [1.29, 1.82) is 0 Å². The highest BCUT2D eigenvalue weighted by molar-refractivity contribution is 6.05. The molecule has 140 valence electrons. The lowest BCUT2D eigenvalue weighted by molar-refractivity contribution is -0.130. The first kappa shape index (κ1) is 18.0. The number of fused-ring (bicyclic) bond motifs is 1. The molecule has 8 heteroatoms. The molecule has 1 aromatic rings. The predicted molar refractivity (Wildman–Crippen MR) is 92.8 cm³/mol. The fourth-order valence-electron chi connectivity index (χ4n) is 2.93. The Morgan fingerprint density at radius 3 is 2.81 bits per heavy atom. The lowest BCUT2D eigenvalue weighted by atomic mass is 10.1. The summed E-state index contributed by atoms with van der Waals surface area (Å²) in [7, 11) is 0. The van der Waals surface area contributed by atoms with Crippen molar-refractivity contribution in [2.75, 3.05) is 19.8 Å². The van der Waals surface area contributed by atoms with Gasteiger partial charge in [-0.1, -0.05) is 13.0 Å². The lowest BCUT2D eigenvalue weighted by Gasteiger charge is -2.12. The Morgan fingerprint density at radius 2 is 2.04 bits per heavy atom. The van der Waals surface area contributed by atoms with Gasteiger partial charge < -0.3 is 20.1 Å². The van der Waals surface area contributed by atoms with Gasteiger partial charge in [-0.15, -0.1) is 0 Å². The van der Waals surface area contributed by atoms with Crippen molar-refractivity contribution >= 4 is 17.8 Å². The largest absolute Gasteiger partial charge is 0.490 e. The number of rotatable bonds is 6. The zero-order chi connectivity index (χ0) is 18.5. The highest BCUT2D eigenvalue weighted by Crippen LogP contribution is 2.30. The molecule has 2 aliphatic rings. The number of nitrogens with one attached hydrogen (secondary N) is 2. The summed E-state index contributed by atoms with van der Waals surface area (Å²) in [5, 5.41) is 5.33. The van der Waals surface area contributed by atoms with Gasteiger partial charge in [-0.3, -0.25) is 14.5 Å². The van der Waals surface area contributed by atoms with E-state index in [4.69, 9.17) is 9.47 Å². The van der Waals surface area contributed by atoms with E-state index < -0.39 is 12.1 Å². The van der Waals surface area contributed by atoms with Crippen LogP contribution >= 0.6 is 0 Å². The van der Waals surface area contributed by atoms with Crippen LogP contribution in [0.4, 0.5) is 4.79 Å². The monoisotopic (exact) mass is 361 g/mol. The third-order valence-electron chi connectivity index (χ3n) is 4.25. The van der Waals surface area contributed by atoms with Crippen molar-refractivity contribution in [1.82, 2.24) is 15.5 Å². The van der Waals surface area contributed by atoms with Crippen LogP contribution in [0.2, 0.25) is 0 Å². The van der Waals surface area contributed by atoms with Crippen molar-refractivity contribution in [3.63, 3.8) is 0 Å². The Bertz CT molecular complexity index is 706. The second kappa shape index (κ2) is 8.07. The van der Waals surface area contributed by atoms with Gasteiger partial charge in [0.2, 0.25) is 5.91 Å². The third-order valence-corrected chi connectivity index (χ3v) is 4.25. The number of imide groups is 1. The molecule has 26 heavy (non-hydrogen) atoms. The molecule has 0 spiro atoms. The molecule has 1 aromatic carbocycles. The first-order chi connectivity index (χ1) is 12.6. The van der Waals surface area contributed by atoms with Crippen molar-refractivity contribution in [2.24, 2.45) is 0 Å². The quantitative estimate of drug-likeness (QED) is 0.742. The number of carbonyl (C=O) groups is 3. The molecular formula is C18H23N3O5. The lowest BCUT2D eigenvalue weighted by Crippen LogP contribution is -2.36. The number of hydrogen-bond donors (Lipinski definition) is 2. The molecule has 4 amide bonds. The summed E-state index contributed by atoms with van der Waals surface area (Å²) in [5.74, 6) is 0.729. The smallest absolute Gasteiger partial charge is 0.324 e. The normalized spacial score (nSPS) is 19.1. The fourth-order valence-corrected chi connectivity index (χ4v) is 2.93. The number of hydrogen-bond acceptors (Lipinski definition) is 5. The molecule has 0 aromatic heterocycles. The number of amides is 4. The molecule has 0 bridgehead atoms. The van der Waals surface area contributed by atoms with E-state index in [1.54, 1.807) is 0 Å². The summed E-state index contributed by atoms with van der Waals surface area (Å²) in [6, 6.07) is 4.30. The van der Waals surface area contributed by atoms with E-state index >= 15 is 0 Å². The SMILES string of the molecule is CCCN1C(=O)NC(CC(=O)NCc2ccc3c(c2)OCCCO3)C1=O. The van der Waals surface area contributed by atoms with Crippen LogP contribution in [0.1, 0.15) is 31.7 Å². The molecule has 8 nitrogen and oxygen atoms in total. The minimum atomic E-state index is -0.794. The van der Waals surface area contributed by atoms with Crippen molar-refractivity contribution in [2.45, 2.75) is 38.8 Å². The summed E-state index contributed by atoms with van der Waals surface area (Å²) in [6.07, 6.45) is 1.44. The maximum atomic E-state index is 12.1. The number of urea groups is 1. The molecule has 1 atom stereocenters. The zero-order valence-corrected chi connectivity index (χ0v) is 14.7. The third kappa shape index (κ3) is 4.07. The van der Waals surface area contributed by atoms with E-state index in [0.29, 0.717) is 44.2 Å². The summed E-state index contributed by atoms with van der Waals surface area (Å²) >= 11 is 0. The van der Waals surface area contributed by atoms with Gasteiger partial charge in [0.15, 0.2) is 11.5 Å². The van der Waals surface area contributed by atoms with Gasteiger partial charge in [0.25, 0.3) is 5.91 Å². The topological polar surface area (TPSA) is 97.0 Å². The number of carbonyl (C=O) groups excluding carboxylic acids is 3. The van der Waals surface area contributed by atoms with Gasteiger partial charge in [0, 0.05) is 19.5 Å². The molecule has 2 heterocycles. The highest BCUT2D eigenvalue weighted by Gasteiger charge is 2.38. The average molecular weight is 361 g/mol. The molecule has 0 radical (unpaired) electrons. The molecule has 2 aliphatic heterocycles. The van der Waals surface area contributed by atoms with E-state index in [9.17, 15) is 14.4 Å². The van der Waals surface area contributed by atoms with E-state index in [1.807, 2.05) is 25.1 Å². The first-order valence-electron chi connectivity index (χ1n) is 8.85. The van der Waals surface area contributed by atoms with Gasteiger partial charge >= 0.3 is 6.03 Å². The second-order valence-corrected chi connectivity index (χ2v) is 6.30. The highest BCUT2D eigenvalue weighted by atomic mass is 16.5. The van der Waals surface area contributed by atoms with Crippen LogP contribution < -0.4 is 20.1 Å². The maximum absolute atomic E-state index is 12.1. The molecule has 0 aliphatic carbocycles. The Labute approximate surface area is 151 Å². The van der Waals surface area contributed by atoms with Crippen LogP contribution in [0, 0.1) is 0 Å². The van der Waals surface area contributed by atoms with Crippen LogP contribution in [-0.2, 0) is 16.1 Å². The zero-order valence-electron chi connectivity index (χ0n) is 14.7. The van der Waals surface area contributed by atoms with E-state index in [1.165, 1.54) is 0 Å². The standard InChI is InChI=1S/C18H23N3O5/c1-2-6-21-17(23)13(20-18(21)24)10-16(22)19-11-12-4-5-14-15(9-12)26-8-3-7-25-14/h4-5,9,13H,2-3,6-8,10-11H2,1H3,(H,19,22)(H,20,24). The van der Waals surface area contributed by atoms with Crippen LogP contribution in [-0.4, -0.2) is 48.5 Å². The van der Waals surface area contributed by atoms with Gasteiger partial charge in [0.05, 0.1) is 19.6 Å². The summed E-state index contributed by atoms with van der Waals surface area (Å²) in [6.45, 7) is 3.78. The second-order valence-electron chi connectivity index (χ2n) is 6.30. The van der Waals surface area contributed by atoms with Crippen LogP contribution in [0.3, 0.4) is 0 Å². The van der Waals surface area contributed by atoms with Crippen LogP contribution in [0.25, 0.3) is 0 Å². The summed E-state index contributed by atoms with van der Waals surface area (Å²) in [4.78, 5) is 37.2. The predicted octanol–water partition coefficient (Wildman–Crippen LogP) is 1.18. The maximum Gasteiger partial charge on any atom is 0.324 e. The van der Waals surface area contributed by atoms with E-state index in [-0.39, 0.29) is 18.2 Å².